The van der Waals surface area contributed by atoms with Gasteiger partial charge in [-0.25, -0.2) is 13.4 Å². The molecule has 1 aromatic heterocycles. The Bertz CT molecular complexity index is 1160. The lowest BCUT2D eigenvalue weighted by molar-refractivity contribution is -0.138. The van der Waals surface area contributed by atoms with Gasteiger partial charge in [0.1, 0.15) is 19.0 Å². The molecule has 3 rings (SSSR count). The molecule has 1 aliphatic heterocycles. The molecule has 186 valence electrons. The first-order chi connectivity index (χ1) is 16.0. The molecule has 0 atom stereocenters. The molecule has 1 aromatic carbocycles. The lowest BCUT2D eigenvalue weighted by atomic mass is 9.98. The van der Waals surface area contributed by atoms with Crippen molar-refractivity contribution in [3.05, 3.63) is 47.2 Å². The second-order valence-corrected chi connectivity index (χ2v) is 9.81. The van der Waals surface area contributed by atoms with Crippen LogP contribution in [0.5, 0.6) is 11.6 Å². The largest absolute Gasteiger partial charge is 0.489 e. The van der Waals surface area contributed by atoms with Crippen molar-refractivity contribution in [2.24, 2.45) is 5.92 Å². The molecule has 11 heteroatoms. The van der Waals surface area contributed by atoms with Crippen molar-refractivity contribution in [3.8, 4) is 11.6 Å². The number of pyridine rings is 1. The summed E-state index contributed by atoms with van der Waals surface area (Å²) in [5.41, 5.74) is 0.892. The maximum absolute atomic E-state index is 13.6. The van der Waals surface area contributed by atoms with Crippen LogP contribution in [0, 0.1) is 5.92 Å². The number of hydrogen-bond donors (Lipinski definition) is 1. The van der Waals surface area contributed by atoms with Crippen LogP contribution in [0.25, 0.3) is 6.08 Å². The summed E-state index contributed by atoms with van der Waals surface area (Å²) in [6.45, 7) is 5.26. The van der Waals surface area contributed by atoms with Gasteiger partial charge in [-0.05, 0) is 36.1 Å². The molecule has 34 heavy (non-hydrogen) atoms. The Labute approximate surface area is 196 Å². The van der Waals surface area contributed by atoms with E-state index in [9.17, 15) is 21.6 Å². The van der Waals surface area contributed by atoms with Crippen molar-refractivity contribution < 1.29 is 36.2 Å². The Morgan fingerprint density at radius 2 is 2.06 bits per heavy atom. The molecule has 0 radical (unpaired) electrons. The smallest absolute Gasteiger partial charge is 0.417 e. The number of ether oxygens (including phenoxy) is 2. The highest BCUT2D eigenvalue weighted by Gasteiger charge is 2.37. The van der Waals surface area contributed by atoms with Crippen LogP contribution in [0.1, 0.15) is 38.3 Å². The Morgan fingerprint density at radius 1 is 1.32 bits per heavy atom. The molecule has 0 spiro atoms. The number of benzene rings is 1. The molecule has 1 aliphatic rings. The number of allylic oxidation sites excluding steroid dienone is 1. The molecule has 0 saturated heterocycles. The number of anilines is 1. The third-order valence-electron chi connectivity index (χ3n) is 5.35. The van der Waals surface area contributed by atoms with E-state index in [2.05, 4.69) is 18.8 Å². The zero-order chi connectivity index (χ0) is 25.1. The summed E-state index contributed by atoms with van der Waals surface area (Å²) in [4.78, 5) is 2.85. The first-order valence-corrected chi connectivity index (χ1v) is 12.2. The highest BCUT2D eigenvalue weighted by molar-refractivity contribution is 7.93. The number of sulfonamides is 1. The van der Waals surface area contributed by atoms with E-state index in [1.165, 1.54) is 0 Å². The first-order valence-electron chi connectivity index (χ1n) is 10.8. The third kappa shape index (κ3) is 5.47. The van der Waals surface area contributed by atoms with Crippen molar-refractivity contribution in [1.82, 2.24) is 4.98 Å². The van der Waals surface area contributed by atoms with Gasteiger partial charge < -0.3 is 14.6 Å². The van der Waals surface area contributed by atoms with Crippen LogP contribution in [0.2, 0.25) is 0 Å². The summed E-state index contributed by atoms with van der Waals surface area (Å²) in [6, 6.07) is 5.58. The predicted molar refractivity (Wildman–Crippen MR) is 121 cm³/mol. The number of aliphatic hydroxyl groups is 1. The molecular formula is C23H27F3N2O5S. The highest BCUT2D eigenvalue weighted by Crippen LogP contribution is 2.40. The van der Waals surface area contributed by atoms with Gasteiger partial charge in [-0.15, -0.1) is 0 Å². The summed E-state index contributed by atoms with van der Waals surface area (Å²) < 4.78 is 79.0. The molecule has 7 nitrogen and oxygen atoms in total. The number of fused-ring (bicyclic) bond motifs is 1. The Kier molecular flexibility index (Phi) is 7.77. The molecule has 2 heterocycles. The van der Waals surface area contributed by atoms with Crippen molar-refractivity contribution in [2.75, 3.05) is 30.7 Å². The number of nitrogens with zero attached hydrogens (tertiary/aromatic N) is 2. The van der Waals surface area contributed by atoms with E-state index in [0.29, 0.717) is 23.9 Å². The second-order valence-electron chi connectivity index (χ2n) is 7.98. The highest BCUT2D eigenvalue weighted by atomic mass is 32.2. The maximum atomic E-state index is 13.6. The molecular weight excluding hydrogens is 473 g/mol. The quantitative estimate of drug-likeness (QED) is 0.574. The number of alkyl halides is 3. The molecule has 2 aromatic rings. The summed E-state index contributed by atoms with van der Waals surface area (Å²) in [7, 11) is -4.52. The summed E-state index contributed by atoms with van der Waals surface area (Å²) in [5, 5.41) is 9.03. The van der Waals surface area contributed by atoms with E-state index < -0.39 is 39.1 Å². The number of aromatic nitrogens is 1. The molecule has 0 aliphatic carbocycles. The normalized spacial score (nSPS) is 14.7. The predicted octanol–water partition coefficient (Wildman–Crippen LogP) is 4.51. The van der Waals surface area contributed by atoms with E-state index in [1.54, 1.807) is 18.2 Å². The van der Waals surface area contributed by atoms with Gasteiger partial charge in [0.05, 0.1) is 24.4 Å². The summed E-state index contributed by atoms with van der Waals surface area (Å²) >= 11 is 0. The average Bonchev–Trinajstić information content (AvgIpc) is 2.79. The number of halogens is 3. The minimum atomic E-state index is -4.80. The van der Waals surface area contributed by atoms with E-state index in [-0.39, 0.29) is 25.4 Å². The fourth-order valence-electron chi connectivity index (χ4n) is 3.58. The van der Waals surface area contributed by atoms with Crippen LogP contribution in [0.4, 0.5) is 18.9 Å². The summed E-state index contributed by atoms with van der Waals surface area (Å²) in [6.07, 6.45) is -1.53. The Hall–Kier alpha value is -2.79. The van der Waals surface area contributed by atoms with Crippen LogP contribution in [-0.2, 0) is 16.2 Å². The van der Waals surface area contributed by atoms with Crippen molar-refractivity contribution >= 4 is 21.8 Å². The molecule has 0 unspecified atom stereocenters. The minimum absolute atomic E-state index is 0.0207. The van der Waals surface area contributed by atoms with Crippen molar-refractivity contribution in [2.45, 2.75) is 38.3 Å². The van der Waals surface area contributed by atoms with Crippen molar-refractivity contribution in [1.29, 1.82) is 0 Å². The summed E-state index contributed by atoms with van der Waals surface area (Å²) in [5.74, 6) is 0.0751. The van der Waals surface area contributed by atoms with E-state index in [1.807, 2.05) is 13.0 Å². The first kappa shape index (κ1) is 25.8. The topological polar surface area (TPSA) is 89.0 Å². The number of rotatable bonds is 8. The van der Waals surface area contributed by atoms with Crippen LogP contribution >= 0.6 is 0 Å². The monoisotopic (exact) mass is 500 g/mol. The molecule has 0 saturated carbocycles. The third-order valence-corrected chi connectivity index (χ3v) is 7.16. The molecule has 0 bridgehead atoms. The van der Waals surface area contributed by atoms with Crippen molar-refractivity contribution in [3.63, 3.8) is 0 Å². The van der Waals surface area contributed by atoms with Crippen LogP contribution in [0.3, 0.4) is 0 Å². The number of hydrogen-bond acceptors (Lipinski definition) is 6. The fraction of sp³-hybridized carbons (Fsp3) is 0.435. The maximum Gasteiger partial charge on any atom is 0.417 e. The molecule has 0 amide bonds. The van der Waals surface area contributed by atoms with Gasteiger partial charge >= 0.3 is 6.18 Å². The number of aliphatic hydroxyl groups excluding tert-OH is 1. The Balaban J connectivity index is 2.13. The van der Waals surface area contributed by atoms with E-state index >= 15 is 0 Å². The van der Waals surface area contributed by atoms with E-state index in [0.717, 1.165) is 21.9 Å². The van der Waals surface area contributed by atoms with Gasteiger partial charge in [0, 0.05) is 6.20 Å². The van der Waals surface area contributed by atoms with Gasteiger partial charge in [0.15, 0.2) is 4.90 Å². The fourth-order valence-corrected chi connectivity index (χ4v) is 5.14. The lowest BCUT2D eigenvalue weighted by Crippen LogP contribution is -2.38. The SMILES string of the molecule is CC/C(=C\c1ccc2c(c1)N(S(=O)(=O)c1cc(C(F)(F)F)cnc1OCCO)CCO2)C(C)C. The zero-order valence-corrected chi connectivity index (χ0v) is 19.9. The average molecular weight is 501 g/mol. The second kappa shape index (κ2) is 10.2. The van der Waals surface area contributed by atoms with Crippen LogP contribution in [0.15, 0.2) is 40.9 Å². The van der Waals surface area contributed by atoms with Gasteiger partial charge in [0.2, 0.25) is 5.88 Å². The molecule has 1 N–H and O–H groups in total. The van der Waals surface area contributed by atoms with E-state index in [4.69, 9.17) is 14.6 Å². The zero-order valence-electron chi connectivity index (χ0n) is 19.1. The Morgan fingerprint density at radius 3 is 2.68 bits per heavy atom. The van der Waals surface area contributed by atoms with Crippen LogP contribution in [-0.4, -0.2) is 44.9 Å². The molecule has 0 fully saturated rings. The van der Waals surface area contributed by atoms with Gasteiger partial charge in [-0.2, -0.15) is 13.2 Å². The van der Waals surface area contributed by atoms with Gasteiger partial charge in [0.25, 0.3) is 10.0 Å². The van der Waals surface area contributed by atoms with Gasteiger partial charge in [-0.1, -0.05) is 38.5 Å². The standard InChI is InChI=1S/C23H27F3N2O5S/c1-4-17(15(2)3)11-16-5-6-20-19(12-16)28(7-9-32-20)34(30,31)21-13-18(23(24,25)26)14-27-22(21)33-10-8-29/h5-6,11-15,29H,4,7-10H2,1-3H3/b17-11+. The lowest BCUT2D eigenvalue weighted by Gasteiger charge is -2.31. The van der Waals surface area contributed by atoms with Crippen LogP contribution < -0.4 is 13.8 Å². The minimum Gasteiger partial charge on any atom is -0.489 e. The van der Waals surface area contributed by atoms with Gasteiger partial charge in [-0.3, -0.25) is 4.31 Å².